The lowest BCUT2D eigenvalue weighted by atomic mass is 10.1. The van der Waals surface area contributed by atoms with Crippen molar-refractivity contribution < 1.29 is 9.21 Å². The number of carbonyl (C=O) groups excluding carboxylic acids is 1. The van der Waals surface area contributed by atoms with E-state index in [1.54, 1.807) is 0 Å². The van der Waals surface area contributed by atoms with E-state index in [-0.39, 0.29) is 11.8 Å². The Labute approximate surface area is 112 Å². The van der Waals surface area contributed by atoms with Gasteiger partial charge < -0.3 is 15.5 Å². The second kappa shape index (κ2) is 5.84. The smallest absolute Gasteiger partial charge is 0.224 e. The summed E-state index contributed by atoms with van der Waals surface area (Å²) in [5.74, 6) is 0.528. The van der Waals surface area contributed by atoms with Gasteiger partial charge in [0.05, 0.1) is 0 Å². The lowest BCUT2D eigenvalue weighted by molar-refractivity contribution is -0.124. The van der Waals surface area contributed by atoms with Crippen LogP contribution in [0.15, 0.2) is 22.6 Å². The summed E-state index contributed by atoms with van der Waals surface area (Å²) in [6.07, 6.45) is 0.753. The molecule has 2 rings (SSSR count). The quantitative estimate of drug-likeness (QED) is 0.859. The molecule has 0 fully saturated rings. The molecule has 0 aliphatic heterocycles. The van der Waals surface area contributed by atoms with Gasteiger partial charge in [-0.3, -0.25) is 4.79 Å². The second-order valence-electron chi connectivity index (χ2n) is 4.59. The first kappa shape index (κ1) is 13.5. The fourth-order valence-electron chi connectivity index (χ4n) is 1.99. The molecular weight excluding hydrogens is 242 g/mol. The van der Waals surface area contributed by atoms with Crippen LogP contribution in [-0.4, -0.2) is 17.4 Å². The molecule has 1 heterocycles. The van der Waals surface area contributed by atoms with Crippen LogP contribution in [-0.2, 0) is 11.3 Å². The predicted octanol–water partition coefficient (Wildman–Crippen LogP) is 1.74. The van der Waals surface area contributed by atoms with Gasteiger partial charge in [-0.05, 0) is 24.1 Å². The number of benzene rings is 1. The number of rotatable bonds is 5. The molecule has 0 spiro atoms. The summed E-state index contributed by atoms with van der Waals surface area (Å²) >= 11 is 0. The lowest BCUT2D eigenvalue weighted by Gasteiger charge is -2.12. The molecule has 5 nitrogen and oxygen atoms in total. The van der Waals surface area contributed by atoms with E-state index in [0.717, 1.165) is 23.1 Å². The Kier molecular flexibility index (Phi) is 4.16. The summed E-state index contributed by atoms with van der Waals surface area (Å²) in [7, 11) is 0. The van der Waals surface area contributed by atoms with Crippen molar-refractivity contribution in [3.63, 3.8) is 0 Å². The third kappa shape index (κ3) is 3.12. The zero-order valence-corrected chi connectivity index (χ0v) is 11.3. The van der Waals surface area contributed by atoms with E-state index in [9.17, 15) is 4.79 Å². The minimum Gasteiger partial charge on any atom is -0.441 e. The van der Waals surface area contributed by atoms with E-state index < -0.39 is 0 Å². The molecule has 5 heteroatoms. The maximum absolute atomic E-state index is 11.8. The Balaban J connectivity index is 2.03. The van der Waals surface area contributed by atoms with E-state index in [1.165, 1.54) is 0 Å². The van der Waals surface area contributed by atoms with Gasteiger partial charge in [-0.2, -0.15) is 0 Å². The molecule has 0 aliphatic rings. The fourth-order valence-corrected chi connectivity index (χ4v) is 1.99. The predicted molar refractivity (Wildman–Crippen MR) is 73.4 cm³/mol. The van der Waals surface area contributed by atoms with Crippen molar-refractivity contribution in [1.82, 2.24) is 10.3 Å². The summed E-state index contributed by atoms with van der Waals surface area (Å²) in [4.78, 5) is 16.1. The van der Waals surface area contributed by atoms with Crippen LogP contribution in [0.25, 0.3) is 11.1 Å². The second-order valence-corrected chi connectivity index (χ2v) is 4.59. The molecule has 0 aliphatic carbocycles. The summed E-state index contributed by atoms with van der Waals surface area (Å²) in [5, 5.41) is 2.89. The van der Waals surface area contributed by atoms with Crippen LogP contribution in [0.4, 0.5) is 0 Å². The standard InChI is InChI=1S/C14H19N3O2/c1-3-11(7-15)14(18)16-8-10-4-5-12-13(6-10)19-9(2)17-12/h4-6,11H,3,7-8,15H2,1-2H3,(H,16,18). The normalized spacial score (nSPS) is 12.6. The third-order valence-electron chi connectivity index (χ3n) is 3.17. The number of nitrogens with zero attached hydrogens (tertiary/aromatic N) is 1. The van der Waals surface area contributed by atoms with Gasteiger partial charge in [0.25, 0.3) is 0 Å². The zero-order valence-electron chi connectivity index (χ0n) is 11.3. The number of aryl methyl sites for hydroxylation is 1. The average Bonchev–Trinajstić information content (AvgIpc) is 2.77. The van der Waals surface area contributed by atoms with Crippen molar-refractivity contribution in [1.29, 1.82) is 0 Å². The number of aromatic nitrogens is 1. The maximum atomic E-state index is 11.8. The Morgan fingerprint density at radius 3 is 3.00 bits per heavy atom. The third-order valence-corrected chi connectivity index (χ3v) is 3.17. The molecular formula is C14H19N3O2. The van der Waals surface area contributed by atoms with Gasteiger partial charge in [-0.25, -0.2) is 4.98 Å². The van der Waals surface area contributed by atoms with E-state index in [0.29, 0.717) is 19.0 Å². The number of nitrogens with one attached hydrogen (secondary N) is 1. The number of carbonyl (C=O) groups is 1. The van der Waals surface area contributed by atoms with Crippen molar-refractivity contribution in [2.75, 3.05) is 6.54 Å². The SMILES string of the molecule is CCC(CN)C(=O)NCc1ccc2nc(C)oc2c1. The average molecular weight is 261 g/mol. The summed E-state index contributed by atoms with van der Waals surface area (Å²) in [5.41, 5.74) is 8.12. The van der Waals surface area contributed by atoms with Crippen molar-refractivity contribution in [2.24, 2.45) is 11.7 Å². The lowest BCUT2D eigenvalue weighted by Crippen LogP contribution is -2.34. The first-order chi connectivity index (χ1) is 9.13. The molecule has 0 saturated heterocycles. The van der Waals surface area contributed by atoms with Gasteiger partial charge in [0.1, 0.15) is 5.52 Å². The molecule has 2 aromatic rings. The zero-order chi connectivity index (χ0) is 13.8. The maximum Gasteiger partial charge on any atom is 0.224 e. The van der Waals surface area contributed by atoms with Gasteiger partial charge in [0, 0.05) is 25.9 Å². The van der Waals surface area contributed by atoms with Crippen LogP contribution in [0.5, 0.6) is 0 Å². The van der Waals surface area contributed by atoms with Gasteiger partial charge >= 0.3 is 0 Å². The van der Waals surface area contributed by atoms with E-state index >= 15 is 0 Å². The molecule has 0 bridgehead atoms. The molecule has 1 aromatic heterocycles. The topological polar surface area (TPSA) is 81.2 Å². The first-order valence-electron chi connectivity index (χ1n) is 6.48. The number of fused-ring (bicyclic) bond motifs is 1. The Bertz CT molecular complexity index is 573. The highest BCUT2D eigenvalue weighted by atomic mass is 16.3. The number of hydrogen-bond acceptors (Lipinski definition) is 4. The van der Waals surface area contributed by atoms with Crippen LogP contribution in [0.2, 0.25) is 0 Å². The van der Waals surface area contributed by atoms with Crippen molar-refractivity contribution in [3.8, 4) is 0 Å². The summed E-state index contributed by atoms with van der Waals surface area (Å²) in [6, 6.07) is 5.74. The minimum absolute atomic E-state index is 0.00107. The molecule has 1 unspecified atom stereocenters. The van der Waals surface area contributed by atoms with Crippen LogP contribution < -0.4 is 11.1 Å². The van der Waals surface area contributed by atoms with Crippen molar-refractivity contribution in [2.45, 2.75) is 26.8 Å². The number of amides is 1. The van der Waals surface area contributed by atoms with Gasteiger partial charge in [-0.15, -0.1) is 0 Å². The highest BCUT2D eigenvalue weighted by molar-refractivity contribution is 5.79. The minimum atomic E-state index is -0.115. The van der Waals surface area contributed by atoms with Gasteiger partial charge in [-0.1, -0.05) is 13.0 Å². The molecule has 1 amide bonds. The van der Waals surface area contributed by atoms with Crippen LogP contribution in [0.3, 0.4) is 0 Å². The highest BCUT2D eigenvalue weighted by Gasteiger charge is 2.13. The number of oxazole rings is 1. The van der Waals surface area contributed by atoms with Gasteiger partial charge in [0.2, 0.25) is 5.91 Å². The Hall–Kier alpha value is -1.88. The van der Waals surface area contributed by atoms with Crippen molar-refractivity contribution >= 4 is 17.0 Å². The molecule has 0 saturated carbocycles. The molecule has 19 heavy (non-hydrogen) atoms. The highest BCUT2D eigenvalue weighted by Crippen LogP contribution is 2.16. The molecule has 0 radical (unpaired) electrons. The largest absolute Gasteiger partial charge is 0.441 e. The monoisotopic (exact) mass is 261 g/mol. The molecule has 1 aromatic carbocycles. The number of nitrogens with two attached hydrogens (primary N) is 1. The number of hydrogen-bond donors (Lipinski definition) is 2. The van der Waals surface area contributed by atoms with Gasteiger partial charge in [0.15, 0.2) is 11.5 Å². The van der Waals surface area contributed by atoms with Crippen LogP contribution >= 0.6 is 0 Å². The summed E-state index contributed by atoms with van der Waals surface area (Å²) in [6.45, 7) is 4.63. The van der Waals surface area contributed by atoms with E-state index in [2.05, 4.69) is 10.3 Å². The van der Waals surface area contributed by atoms with Crippen molar-refractivity contribution in [3.05, 3.63) is 29.7 Å². The Morgan fingerprint density at radius 2 is 2.32 bits per heavy atom. The van der Waals surface area contributed by atoms with E-state index in [4.69, 9.17) is 10.2 Å². The van der Waals surface area contributed by atoms with Crippen LogP contribution in [0, 0.1) is 12.8 Å². The molecule has 3 N–H and O–H groups in total. The summed E-state index contributed by atoms with van der Waals surface area (Å²) < 4.78 is 5.46. The first-order valence-corrected chi connectivity index (χ1v) is 6.48. The fraction of sp³-hybridized carbons (Fsp3) is 0.429. The molecule has 102 valence electrons. The Morgan fingerprint density at radius 1 is 1.53 bits per heavy atom. The molecule has 1 atom stereocenters. The van der Waals surface area contributed by atoms with Crippen LogP contribution in [0.1, 0.15) is 24.8 Å². The van der Waals surface area contributed by atoms with E-state index in [1.807, 2.05) is 32.0 Å².